The van der Waals surface area contributed by atoms with Gasteiger partial charge in [-0.1, -0.05) is 0 Å². The van der Waals surface area contributed by atoms with E-state index in [1.807, 2.05) is 0 Å². The van der Waals surface area contributed by atoms with Gasteiger partial charge in [0.2, 0.25) is 0 Å². The standard InChI is InChI=1S/C25H30ClP/c1-4-27(26,5-2,6-3)25(22-16-10-7-11-17-22,23-18-12-8-13-19-23)24-20-14-9-15-21-24/h7-21H,4-6H2,1-3H3. The molecule has 0 aliphatic rings. The molecule has 0 aromatic heterocycles. The molecule has 142 valence electrons. The quantitative estimate of drug-likeness (QED) is 0.283. The Morgan fingerprint density at radius 2 is 0.815 bits per heavy atom. The molecule has 0 aliphatic carbocycles. The Kier molecular flexibility index (Phi) is 5.80. The van der Waals surface area contributed by atoms with Crippen molar-refractivity contribution in [1.29, 1.82) is 0 Å². The zero-order valence-electron chi connectivity index (χ0n) is 16.6. The van der Waals surface area contributed by atoms with Crippen LogP contribution in [0.1, 0.15) is 37.5 Å². The molecule has 0 atom stereocenters. The van der Waals surface area contributed by atoms with E-state index in [1.54, 1.807) is 0 Å². The fourth-order valence-corrected chi connectivity index (χ4v) is 10.9. The van der Waals surface area contributed by atoms with Gasteiger partial charge in [-0.3, -0.25) is 0 Å². The first-order chi connectivity index (χ1) is 13.1. The van der Waals surface area contributed by atoms with Crippen molar-refractivity contribution in [3.63, 3.8) is 0 Å². The topological polar surface area (TPSA) is 0 Å². The van der Waals surface area contributed by atoms with Gasteiger partial charge >= 0.3 is 169 Å². The summed E-state index contributed by atoms with van der Waals surface area (Å²) in [5.74, 6) is -2.75. The molecule has 3 aromatic carbocycles. The fraction of sp³-hybridized carbons (Fsp3) is 0.280. The molecule has 0 amide bonds. The first-order valence-electron chi connectivity index (χ1n) is 9.94. The molecule has 0 fully saturated rings. The van der Waals surface area contributed by atoms with Crippen LogP contribution in [0.25, 0.3) is 0 Å². The van der Waals surface area contributed by atoms with Gasteiger partial charge in [-0.15, -0.1) is 0 Å². The van der Waals surface area contributed by atoms with Gasteiger partial charge in [0, 0.05) is 0 Å². The van der Waals surface area contributed by atoms with Crippen LogP contribution in [0.3, 0.4) is 0 Å². The average Bonchev–Trinajstić information content (AvgIpc) is 2.76. The second-order valence-corrected chi connectivity index (χ2v) is 15.7. The molecule has 0 nitrogen and oxygen atoms in total. The SMILES string of the molecule is CCP(Cl)(CC)(CC)C(c1ccccc1)(c1ccccc1)c1ccccc1. The first kappa shape index (κ1) is 20.1. The summed E-state index contributed by atoms with van der Waals surface area (Å²) in [6.45, 7) is 6.88. The van der Waals surface area contributed by atoms with E-state index >= 15 is 0 Å². The molecule has 0 saturated heterocycles. The van der Waals surface area contributed by atoms with Gasteiger partial charge in [0.05, 0.1) is 0 Å². The van der Waals surface area contributed by atoms with E-state index in [1.165, 1.54) is 16.7 Å². The average molecular weight is 397 g/mol. The Bertz CT molecular complexity index is 747. The molecule has 3 rings (SSSR count). The minimum absolute atomic E-state index is 0.324. The second kappa shape index (κ2) is 7.78. The van der Waals surface area contributed by atoms with Crippen molar-refractivity contribution in [3.8, 4) is 0 Å². The first-order valence-corrected chi connectivity index (χ1v) is 13.6. The van der Waals surface area contributed by atoms with Crippen LogP contribution in [-0.4, -0.2) is 18.5 Å². The molecule has 3 aromatic rings. The Labute approximate surface area is 169 Å². The van der Waals surface area contributed by atoms with Crippen LogP contribution in [0.15, 0.2) is 91.0 Å². The Hall–Kier alpha value is -1.62. The minimum atomic E-state index is -2.75. The van der Waals surface area contributed by atoms with E-state index in [0.29, 0.717) is 0 Å². The van der Waals surface area contributed by atoms with Gasteiger partial charge in [0.1, 0.15) is 0 Å². The molecule has 0 bridgehead atoms. The second-order valence-electron chi connectivity index (χ2n) is 7.35. The Morgan fingerprint density at radius 1 is 0.556 bits per heavy atom. The summed E-state index contributed by atoms with van der Waals surface area (Å²) in [4.78, 5) is 0. The van der Waals surface area contributed by atoms with Crippen LogP contribution in [0.2, 0.25) is 0 Å². The van der Waals surface area contributed by atoms with Crippen LogP contribution < -0.4 is 0 Å². The molecule has 0 aliphatic heterocycles. The molecule has 0 unspecified atom stereocenters. The molecule has 2 heteroatoms. The fourth-order valence-electron chi connectivity index (χ4n) is 4.89. The Balaban J connectivity index is 2.56. The third kappa shape index (κ3) is 2.95. The molecule has 0 radical (unpaired) electrons. The van der Waals surface area contributed by atoms with Gasteiger partial charge in [-0.05, 0) is 0 Å². The molecular formula is C25H30ClP. The Morgan fingerprint density at radius 3 is 1.04 bits per heavy atom. The summed E-state index contributed by atoms with van der Waals surface area (Å²) in [5, 5.41) is -0.324. The molecule has 0 saturated carbocycles. The van der Waals surface area contributed by atoms with Crippen molar-refractivity contribution in [2.45, 2.75) is 25.9 Å². The number of rotatable bonds is 7. The van der Waals surface area contributed by atoms with Gasteiger partial charge in [-0.25, -0.2) is 0 Å². The van der Waals surface area contributed by atoms with Gasteiger partial charge < -0.3 is 0 Å². The zero-order chi connectivity index (χ0) is 19.4. The van der Waals surface area contributed by atoms with Crippen molar-refractivity contribution < 1.29 is 0 Å². The van der Waals surface area contributed by atoms with E-state index in [9.17, 15) is 0 Å². The number of hydrogen-bond donors (Lipinski definition) is 0. The van der Waals surface area contributed by atoms with E-state index in [-0.39, 0.29) is 5.16 Å². The summed E-state index contributed by atoms with van der Waals surface area (Å²) in [6.07, 6.45) is 3.00. The van der Waals surface area contributed by atoms with Gasteiger partial charge in [0.25, 0.3) is 0 Å². The molecule has 0 spiro atoms. The van der Waals surface area contributed by atoms with Crippen LogP contribution in [0.4, 0.5) is 0 Å². The summed E-state index contributed by atoms with van der Waals surface area (Å²) >= 11 is 8.01. The summed E-state index contributed by atoms with van der Waals surface area (Å²) in [5.41, 5.74) is 3.92. The normalized spacial score (nSPS) is 13.7. The van der Waals surface area contributed by atoms with E-state index in [0.717, 1.165) is 18.5 Å². The third-order valence-corrected chi connectivity index (χ3v) is 16.3. The number of hydrogen-bond acceptors (Lipinski definition) is 0. The van der Waals surface area contributed by atoms with Crippen molar-refractivity contribution in [2.75, 3.05) is 18.5 Å². The van der Waals surface area contributed by atoms with Crippen molar-refractivity contribution in [2.24, 2.45) is 0 Å². The van der Waals surface area contributed by atoms with Crippen LogP contribution in [0, 0.1) is 0 Å². The monoisotopic (exact) mass is 396 g/mol. The van der Waals surface area contributed by atoms with Gasteiger partial charge in [-0.2, -0.15) is 0 Å². The van der Waals surface area contributed by atoms with Crippen molar-refractivity contribution in [1.82, 2.24) is 0 Å². The summed E-state index contributed by atoms with van der Waals surface area (Å²) in [6, 6.07) is 32.8. The third-order valence-electron chi connectivity index (χ3n) is 6.59. The van der Waals surface area contributed by atoms with Gasteiger partial charge in [0.15, 0.2) is 0 Å². The van der Waals surface area contributed by atoms with E-state index in [2.05, 4.69) is 112 Å². The molecular weight excluding hydrogens is 367 g/mol. The number of benzene rings is 3. The predicted molar refractivity (Wildman–Crippen MR) is 124 cm³/mol. The number of halogens is 1. The van der Waals surface area contributed by atoms with E-state index in [4.69, 9.17) is 11.2 Å². The maximum atomic E-state index is 8.01. The van der Waals surface area contributed by atoms with Crippen LogP contribution >= 0.6 is 17.2 Å². The molecule has 0 N–H and O–H groups in total. The predicted octanol–water partition coefficient (Wildman–Crippen LogP) is 7.75. The summed E-state index contributed by atoms with van der Waals surface area (Å²) < 4.78 is 0. The van der Waals surface area contributed by atoms with Crippen molar-refractivity contribution in [3.05, 3.63) is 108 Å². The molecule has 0 heterocycles. The summed E-state index contributed by atoms with van der Waals surface area (Å²) in [7, 11) is 0. The molecule has 27 heavy (non-hydrogen) atoms. The maximum absolute atomic E-state index is 8.01. The zero-order valence-corrected chi connectivity index (χ0v) is 18.3. The van der Waals surface area contributed by atoms with Crippen LogP contribution in [-0.2, 0) is 5.16 Å². The van der Waals surface area contributed by atoms with E-state index < -0.39 is 5.96 Å². The van der Waals surface area contributed by atoms with Crippen LogP contribution in [0.5, 0.6) is 0 Å². The van der Waals surface area contributed by atoms with Crippen molar-refractivity contribution >= 4 is 17.2 Å².